The Morgan fingerprint density at radius 2 is 1.00 bits per heavy atom. The van der Waals surface area contributed by atoms with Gasteiger partial charge < -0.3 is 4.74 Å². The predicted molar refractivity (Wildman–Crippen MR) is 97.4 cm³/mol. The molecule has 13 heteroatoms. The lowest BCUT2D eigenvalue weighted by atomic mass is 10.4. The quantitative estimate of drug-likeness (QED) is 0.282. The lowest BCUT2D eigenvalue weighted by Gasteiger charge is -1.94. The molecule has 0 saturated heterocycles. The van der Waals surface area contributed by atoms with Crippen molar-refractivity contribution in [1.82, 2.24) is 0 Å². The third-order valence-electron chi connectivity index (χ3n) is 1.23. The molecule has 0 saturated carbocycles. The highest BCUT2D eigenvalue weighted by atomic mass is 35.5. The predicted octanol–water partition coefficient (Wildman–Crippen LogP) is 3.54. The number of hydrogen-bond acceptors (Lipinski definition) is 7. The Labute approximate surface area is 172 Å². The molecule has 24 heavy (non-hydrogen) atoms. The molecule has 0 aliphatic carbocycles. The van der Waals surface area contributed by atoms with E-state index in [9.17, 15) is 24.0 Å². The van der Waals surface area contributed by atoms with Crippen molar-refractivity contribution in [3.8, 4) is 0 Å². The number of rotatable bonds is 9. The van der Waals surface area contributed by atoms with E-state index in [1.807, 2.05) is 0 Å². The van der Waals surface area contributed by atoms with Gasteiger partial charge in [0.05, 0.1) is 13.0 Å². The van der Waals surface area contributed by atoms with Crippen LogP contribution in [0.2, 0.25) is 0 Å². The van der Waals surface area contributed by atoms with Crippen LogP contribution >= 0.6 is 81.8 Å². The van der Waals surface area contributed by atoms with Crippen molar-refractivity contribution < 1.29 is 28.7 Å². The Hall–Kier alpha value is 0.140. The maximum atomic E-state index is 9.98. The Balaban J connectivity index is -0.000000278. The summed E-state index contributed by atoms with van der Waals surface area (Å²) >= 11 is 33.8. The van der Waals surface area contributed by atoms with Crippen LogP contribution in [0.3, 0.4) is 0 Å². The number of ether oxygens (including phenoxy) is 1. The van der Waals surface area contributed by atoms with Crippen molar-refractivity contribution in [2.75, 3.05) is 13.2 Å². The summed E-state index contributed by atoms with van der Waals surface area (Å²) in [6.45, 7) is -0.0518. The van der Waals surface area contributed by atoms with E-state index in [1.54, 1.807) is 0 Å². The van der Waals surface area contributed by atoms with E-state index in [1.165, 1.54) is 0 Å². The second-order valence-corrected chi connectivity index (χ2v) is 6.58. The summed E-state index contributed by atoms with van der Waals surface area (Å²) in [5.74, 6) is 0. The van der Waals surface area contributed by atoms with E-state index < -0.39 is 26.2 Å². The summed E-state index contributed by atoms with van der Waals surface area (Å²) in [5.41, 5.74) is 0. The SMILES string of the molecule is O=C(Cl)CC(=O)Cl.O=C(Cl)CCC(=O)Cl.O=C(Cl)COCC(=S)Cl. The molecule has 6 nitrogen and oxygen atoms in total. The van der Waals surface area contributed by atoms with Crippen molar-refractivity contribution in [2.45, 2.75) is 19.3 Å². The number of carbonyl (C=O) groups excluding carboxylic acids is 5. The highest BCUT2D eigenvalue weighted by molar-refractivity contribution is 7.83. The number of carbonyl (C=O) groups is 5. The van der Waals surface area contributed by atoms with Crippen molar-refractivity contribution >= 4 is 112 Å². The van der Waals surface area contributed by atoms with E-state index in [0.29, 0.717) is 0 Å². The molecule has 0 aromatic carbocycles. The van der Waals surface area contributed by atoms with Gasteiger partial charge in [-0.25, -0.2) is 0 Å². The maximum Gasteiger partial charge on any atom is 0.247 e. The van der Waals surface area contributed by atoms with Crippen LogP contribution in [0.25, 0.3) is 0 Å². The zero-order valence-corrected chi connectivity index (χ0v) is 17.0. The smallest absolute Gasteiger partial charge is 0.247 e. The van der Waals surface area contributed by atoms with Gasteiger partial charge in [-0.3, -0.25) is 24.0 Å². The second kappa shape index (κ2) is 19.5. The molecule has 0 N–H and O–H groups in total. The van der Waals surface area contributed by atoms with Crippen LogP contribution in [-0.2, 0) is 28.7 Å². The largest absolute Gasteiger partial charge is 0.366 e. The van der Waals surface area contributed by atoms with Gasteiger partial charge in [-0.05, 0) is 58.0 Å². The van der Waals surface area contributed by atoms with Crippen LogP contribution < -0.4 is 0 Å². The molecular weight excluding hydrogens is 473 g/mol. The summed E-state index contributed by atoms with van der Waals surface area (Å²) in [5, 5.41) is -3.05. The molecule has 138 valence electrons. The first-order chi connectivity index (χ1) is 10.9. The Bertz CT molecular complexity index is 430. The third kappa shape index (κ3) is 43.2. The molecule has 0 fully saturated rings. The van der Waals surface area contributed by atoms with E-state index in [0.717, 1.165) is 0 Å². The molecule has 0 aromatic heterocycles. The average Bonchev–Trinajstić information content (AvgIpc) is 2.35. The highest BCUT2D eigenvalue weighted by Crippen LogP contribution is 1.97. The van der Waals surface area contributed by atoms with Gasteiger partial charge in [0.1, 0.15) is 10.9 Å². The minimum absolute atomic E-state index is 0.0316. The van der Waals surface area contributed by atoms with Crippen molar-refractivity contribution in [3.63, 3.8) is 0 Å². The molecule has 0 aromatic rings. The van der Waals surface area contributed by atoms with Gasteiger partial charge >= 0.3 is 0 Å². The zero-order valence-electron chi connectivity index (χ0n) is 11.7. The standard InChI is InChI=1S/C4H4Cl2O2S.C4H4Cl2O2.C3H2Cl2O2/c5-3(7)1-8-2-4(6)9;5-3(7)1-2-4(6)8;4-2(6)1-3(5)7/h1-2H2;1-2H2;1H2. The fourth-order valence-electron chi connectivity index (χ4n) is 0.517. The summed E-state index contributed by atoms with van der Waals surface area (Å²) < 4.78 is 4.79. The van der Waals surface area contributed by atoms with Gasteiger partial charge in [0.2, 0.25) is 26.2 Å². The lowest BCUT2D eigenvalue weighted by Crippen LogP contribution is -2.05. The van der Waals surface area contributed by atoms with Gasteiger partial charge in [-0.2, -0.15) is 0 Å². The monoisotopic (exact) mass is 480 g/mol. The minimum Gasteiger partial charge on any atom is -0.366 e. The average molecular weight is 483 g/mol. The van der Waals surface area contributed by atoms with E-state index in [2.05, 4.69) is 17.0 Å². The molecule has 0 unspecified atom stereocenters. The first kappa shape index (κ1) is 28.9. The Morgan fingerprint density at radius 3 is 1.17 bits per heavy atom. The molecule has 0 spiro atoms. The van der Waals surface area contributed by atoms with Crippen LogP contribution in [0.15, 0.2) is 0 Å². The van der Waals surface area contributed by atoms with Crippen LogP contribution in [0.1, 0.15) is 19.3 Å². The van der Waals surface area contributed by atoms with Crippen molar-refractivity contribution in [1.29, 1.82) is 0 Å². The topological polar surface area (TPSA) is 94.6 Å². The number of thiocarbonyl (C=S) groups is 1. The molecule has 0 bridgehead atoms. The first-order valence-corrected chi connectivity index (χ1v) is 8.23. The number of halogens is 6. The summed E-state index contributed by atoms with van der Waals surface area (Å²) in [4.78, 5) is 49.2. The van der Waals surface area contributed by atoms with Gasteiger partial charge in [-0.1, -0.05) is 23.8 Å². The zero-order chi connectivity index (χ0) is 19.7. The Morgan fingerprint density at radius 1 is 0.625 bits per heavy atom. The normalized spacial score (nSPS) is 8.75. The van der Waals surface area contributed by atoms with Gasteiger partial charge in [0, 0.05) is 12.8 Å². The molecule has 0 heterocycles. The molecule has 0 amide bonds. The summed E-state index contributed by atoms with van der Waals surface area (Å²) in [6.07, 6.45) is -0.323. The van der Waals surface area contributed by atoms with Crippen LogP contribution in [0, 0.1) is 0 Å². The van der Waals surface area contributed by atoms with Crippen LogP contribution in [0.4, 0.5) is 0 Å². The molecule has 0 aliphatic rings. The van der Waals surface area contributed by atoms with E-state index in [-0.39, 0.29) is 36.8 Å². The molecule has 0 radical (unpaired) electrons. The highest BCUT2D eigenvalue weighted by Gasteiger charge is 2.00. The van der Waals surface area contributed by atoms with E-state index >= 15 is 0 Å². The van der Waals surface area contributed by atoms with Crippen molar-refractivity contribution in [3.05, 3.63) is 0 Å². The van der Waals surface area contributed by atoms with Crippen LogP contribution in [-0.4, -0.2) is 43.7 Å². The lowest BCUT2D eigenvalue weighted by molar-refractivity contribution is -0.119. The fourth-order valence-corrected chi connectivity index (χ4v) is 1.26. The van der Waals surface area contributed by atoms with Gasteiger partial charge in [0.25, 0.3) is 0 Å². The van der Waals surface area contributed by atoms with Gasteiger partial charge in [0.15, 0.2) is 0 Å². The second-order valence-electron chi connectivity index (χ2n) is 3.30. The van der Waals surface area contributed by atoms with Crippen molar-refractivity contribution in [2.24, 2.45) is 0 Å². The molecule has 0 atom stereocenters. The van der Waals surface area contributed by atoms with Gasteiger partial charge in [-0.15, -0.1) is 0 Å². The van der Waals surface area contributed by atoms with E-state index in [4.69, 9.17) is 69.6 Å². The summed E-state index contributed by atoms with van der Waals surface area (Å²) in [6, 6.07) is 0. The maximum absolute atomic E-state index is 9.98. The Kier molecular flexibility index (Phi) is 23.5. The minimum atomic E-state index is -0.722. The third-order valence-corrected chi connectivity index (χ3v) is 2.21. The fraction of sp³-hybridized carbons (Fsp3) is 0.455. The first-order valence-electron chi connectivity index (χ1n) is 5.56. The van der Waals surface area contributed by atoms with Crippen LogP contribution in [0.5, 0.6) is 0 Å². The number of hydrogen-bond donors (Lipinski definition) is 0. The molecule has 0 aliphatic heterocycles. The molecular formula is C11H10Cl6O6S. The molecule has 0 rings (SSSR count). The summed E-state index contributed by atoms with van der Waals surface area (Å²) in [7, 11) is 0.